The van der Waals surface area contributed by atoms with Crippen LogP contribution in [0.5, 0.6) is 0 Å². The first-order chi connectivity index (χ1) is 18.7. The lowest BCUT2D eigenvalue weighted by molar-refractivity contribution is -0.385. The van der Waals surface area contributed by atoms with E-state index in [9.17, 15) is 19.7 Å². The van der Waals surface area contributed by atoms with E-state index in [4.69, 9.17) is 20.8 Å². The van der Waals surface area contributed by atoms with Crippen molar-refractivity contribution in [3.05, 3.63) is 118 Å². The number of halogens is 1. The van der Waals surface area contributed by atoms with Gasteiger partial charge in [0.05, 0.1) is 33.4 Å². The molecule has 0 saturated heterocycles. The molecule has 9 nitrogen and oxygen atoms in total. The van der Waals surface area contributed by atoms with Crippen molar-refractivity contribution in [1.29, 1.82) is 0 Å². The molecule has 3 heterocycles. The minimum Gasteiger partial charge on any atom is -0.463 e. The highest BCUT2D eigenvalue weighted by atomic mass is 35.5. The molecule has 39 heavy (non-hydrogen) atoms. The van der Waals surface area contributed by atoms with Crippen LogP contribution in [0, 0.1) is 17.0 Å². The number of carbonyl (C=O) groups excluding carboxylic acids is 1. The van der Waals surface area contributed by atoms with Gasteiger partial charge in [0.2, 0.25) is 0 Å². The Morgan fingerprint density at radius 3 is 2.64 bits per heavy atom. The molecule has 11 heteroatoms. The summed E-state index contributed by atoms with van der Waals surface area (Å²) in [4.78, 5) is 42.6. The van der Waals surface area contributed by atoms with Gasteiger partial charge in [-0.05, 0) is 50.6 Å². The summed E-state index contributed by atoms with van der Waals surface area (Å²) in [5.74, 6) is 0.288. The fourth-order valence-electron chi connectivity index (χ4n) is 4.54. The predicted molar refractivity (Wildman–Crippen MR) is 147 cm³/mol. The van der Waals surface area contributed by atoms with Crippen molar-refractivity contribution in [3.63, 3.8) is 0 Å². The Morgan fingerprint density at radius 2 is 1.95 bits per heavy atom. The van der Waals surface area contributed by atoms with E-state index in [2.05, 4.69) is 4.99 Å². The van der Waals surface area contributed by atoms with E-state index in [1.807, 2.05) is 0 Å². The van der Waals surface area contributed by atoms with Crippen molar-refractivity contribution in [3.8, 4) is 11.3 Å². The summed E-state index contributed by atoms with van der Waals surface area (Å²) in [7, 11) is 0. The Balaban J connectivity index is 1.63. The number of hydrogen-bond acceptors (Lipinski definition) is 8. The molecule has 0 unspecified atom stereocenters. The first-order valence-corrected chi connectivity index (χ1v) is 13.2. The first kappa shape index (κ1) is 26.3. The van der Waals surface area contributed by atoms with E-state index in [0.29, 0.717) is 48.3 Å². The zero-order chi connectivity index (χ0) is 27.8. The number of aromatic nitrogens is 1. The summed E-state index contributed by atoms with van der Waals surface area (Å²) in [6, 6.07) is 14.4. The topological polar surface area (TPSA) is 117 Å². The van der Waals surface area contributed by atoms with Crippen LogP contribution in [-0.4, -0.2) is 22.1 Å². The molecule has 4 aromatic rings. The summed E-state index contributed by atoms with van der Waals surface area (Å²) in [5.41, 5.74) is 2.13. The van der Waals surface area contributed by atoms with E-state index in [1.54, 1.807) is 75.4 Å². The molecule has 1 aliphatic heterocycles. The van der Waals surface area contributed by atoms with Crippen LogP contribution < -0.4 is 14.9 Å². The molecule has 0 bridgehead atoms. The van der Waals surface area contributed by atoms with Crippen molar-refractivity contribution in [1.82, 2.24) is 4.57 Å². The molecular weight excluding hydrogens is 542 g/mol. The van der Waals surface area contributed by atoms with Gasteiger partial charge in [0.25, 0.3) is 11.2 Å². The lowest BCUT2D eigenvalue weighted by atomic mass is 9.96. The maximum absolute atomic E-state index is 13.7. The van der Waals surface area contributed by atoms with E-state index in [0.717, 1.165) is 0 Å². The van der Waals surface area contributed by atoms with Crippen molar-refractivity contribution >= 4 is 40.7 Å². The molecule has 0 aliphatic carbocycles. The molecule has 0 N–H and O–H groups in total. The number of fused-ring (bicyclic) bond motifs is 1. The number of carbonyl (C=O) groups is 1. The second-order valence-electron chi connectivity index (χ2n) is 8.76. The van der Waals surface area contributed by atoms with Crippen LogP contribution in [0.15, 0.2) is 80.1 Å². The highest BCUT2D eigenvalue weighted by molar-refractivity contribution is 7.07. The largest absolute Gasteiger partial charge is 0.463 e. The van der Waals surface area contributed by atoms with Gasteiger partial charge in [0, 0.05) is 28.3 Å². The predicted octanol–water partition coefficient (Wildman–Crippen LogP) is 4.93. The van der Waals surface area contributed by atoms with Crippen LogP contribution in [0.25, 0.3) is 17.4 Å². The Bertz CT molecular complexity index is 1830. The third-order valence-corrected chi connectivity index (χ3v) is 7.61. The van der Waals surface area contributed by atoms with Crippen molar-refractivity contribution < 1.29 is 18.9 Å². The van der Waals surface area contributed by atoms with Crippen molar-refractivity contribution in [2.24, 2.45) is 4.99 Å². The fourth-order valence-corrected chi connectivity index (χ4v) is 5.70. The summed E-state index contributed by atoms with van der Waals surface area (Å²) in [6.07, 6.45) is 1.60. The molecule has 1 atom stereocenters. The molecule has 0 spiro atoms. The van der Waals surface area contributed by atoms with Crippen LogP contribution in [0.3, 0.4) is 0 Å². The third kappa shape index (κ3) is 4.84. The standard InChI is InChI=1S/C28H22ClN3O6S/c1-4-37-27(34)24-16(3)30-28-31(25(24)17-8-10-18(29)11-9-17)26(33)23(39-28)14-19-12-13-22(38-19)20-6-5-7-21(15(20)2)32(35)36/h5-14,25H,4H2,1-3H3/b23-14-/t25-/m1/s1. The summed E-state index contributed by atoms with van der Waals surface area (Å²) in [6.45, 7) is 5.27. The van der Waals surface area contributed by atoms with Crippen molar-refractivity contribution in [2.75, 3.05) is 6.61 Å². The normalized spacial score (nSPS) is 15.2. The van der Waals surface area contributed by atoms with Crippen LogP contribution in [0.4, 0.5) is 5.69 Å². The van der Waals surface area contributed by atoms with E-state index in [1.165, 1.54) is 22.0 Å². The van der Waals surface area contributed by atoms with Gasteiger partial charge >= 0.3 is 5.97 Å². The minimum atomic E-state index is -0.751. The quantitative estimate of drug-likeness (QED) is 0.186. The first-order valence-electron chi connectivity index (χ1n) is 12.0. The number of nitro groups is 1. The molecule has 2 aromatic carbocycles. The number of esters is 1. The van der Waals surface area contributed by atoms with Crippen LogP contribution in [-0.2, 0) is 9.53 Å². The molecule has 0 saturated carbocycles. The van der Waals surface area contributed by atoms with Gasteiger partial charge in [-0.1, -0.05) is 47.2 Å². The minimum absolute atomic E-state index is 0.00580. The summed E-state index contributed by atoms with van der Waals surface area (Å²) >= 11 is 7.27. The zero-order valence-corrected chi connectivity index (χ0v) is 22.7. The number of nitrogens with zero attached hydrogens (tertiary/aromatic N) is 3. The maximum atomic E-state index is 13.7. The SMILES string of the molecule is CCOC(=O)C1=C(C)N=c2s/c(=C\c3ccc(-c4cccc([N+](=O)[O-])c4C)o3)c(=O)n2[C@@H]1c1ccc(Cl)cc1. The number of hydrogen-bond donors (Lipinski definition) is 0. The van der Waals surface area contributed by atoms with Gasteiger partial charge < -0.3 is 9.15 Å². The van der Waals surface area contributed by atoms with E-state index < -0.39 is 16.9 Å². The van der Waals surface area contributed by atoms with Gasteiger partial charge in [-0.2, -0.15) is 0 Å². The molecule has 0 amide bonds. The lowest BCUT2D eigenvalue weighted by Crippen LogP contribution is -2.39. The summed E-state index contributed by atoms with van der Waals surface area (Å²) in [5, 5.41) is 11.9. The number of furan rings is 1. The second kappa shape index (κ2) is 10.5. The monoisotopic (exact) mass is 563 g/mol. The van der Waals surface area contributed by atoms with Gasteiger partial charge in [-0.3, -0.25) is 19.5 Å². The number of ether oxygens (including phenoxy) is 1. The van der Waals surface area contributed by atoms with Gasteiger partial charge in [0.1, 0.15) is 11.5 Å². The van der Waals surface area contributed by atoms with E-state index in [-0.39, 0.29) is 23.4 Å². The second-order valence-corrected chi connectivity index (χ2v) is 10.2. The third-order valence-electron chi connectivity index (χ3n) is 6.37. The van der Waals surface area contributed by atoms with Gasteiger partial charge in [-0.25, -0.2) is 9.79 Å². The summed E-state index contributed by atoms with van der Waals surface area (Å²) < 4.78 is 13.1. The van der Waals surface area contributed by atoms with E-state index >= 15 is 0 Å². The number of thiazole rings is 1. The van der Waals surface area contributed by atoms with Gasteiger partial charge in [0.15, 0.2) is 4.80 Å². The van der Waals surface area contributed by atoms with Crippen LogP contribution >= 0.6 is 22.9 Å². The average Bonchev–Trinajstić information content (AvgIpc) is 3.48. The molecule has 5 rings (SSSR count). The molecule has 2 aromatic heterocycles. The Hall–Kier alpha value is -4.28. The fraction of sp³-hybridized carbons (Fsp3) is 0.179. The Labute approximate surface area is 231 Å². The zero-order valence-electron chi connectivity index (χ0n) is 21.1. The van der Waals surface area contributed by atoms with Crippen molar-refractivity contribution in [2.45, 2.75) is 26.8 Å². The Kier molecular flexibility index (Phi) is 7.07. The number of benzene rings is 2. The number of rotatable bonds is 6. The van der Waals surface area contributed by atoms with Gasteiger partial charge in [-0.15, -0.1) is 0 Å². The molecule has 198 valence electrons. The highest BCUT2D eigenvalue weighted by Crippen LogP contribution is 2.32. The smallest absolute Gasteiger partial charge is 0.338 e. The highest BCUT2D eigenvalue weighted by Gasteiger charge is 2.33. The van der Waals surface area contributed by atoms with Crippen LogP contribution in [0.1, 0.15) is 36.8 Å². The Morgan fingerprint density at radius 1 is 1.21 bits per heavy atom. The lowest BCUT2D eigenvalue weighted by Gasteiger charge is -2.24. The number of nitro benzene ring substituents is 1. The molecule has 0 fully saturated rings. The average molecular weight is 564 g/mol. The molecule has 0 radical (unpaired) electrons. The van der Waals surface area contributed by atoms with Crippen LogP contribution in [0.2, 0.25) is 5.02 Å². The maximum Gasteiger partial charge on any atom is 0.338 e. The molecule has 1 aliphatic rings. The number of allylic oxidation sites excluding steroid dienone is 1. The molecular formula is C28H22ClN3O6S.